The van der Waals surface area contributed by atoms with Crippen molar-refractivity contribution in [1.82, 2.24) is 10.3 Å². The van der Waals surface area contributed by atoms with Crippen molar-refractivity contribution in [3.05, 3.63) is 18.3 Å². The summed E-state index contributed by atoms with van der Waals surface area (Å²) in [6, 6.07) is 3.79. The van der Waals surface area contributed by atoms with Crippen LogP contribution in [0.15, 0.2) is 18.3 Å². The summed E-state index contributed by atoms with van der Waals surface area (Å²) >= 11 is 0. The minimum atomic E-state index is 0.169. The molecule has 2 atom stereocenters. The largest absolute Gasteiger partial charge is 0.489 e. The van der Waals surface area contributed by atoms with Crippen LogP contribution in [-0.4, -0.2) is 30.3 Å². The summed E-state index contributed by atoms with van der Waals surface area (Å²) < 4.78 is 11.5. The zero-order valence-corrected chi connectivity index (χ0v) is 11.3. The SMILES string of the molecule is CC(C)Oc1ccc(O[C@@H]2CCNC[C@H]2C)nc1. The number of hydrogen-bond acceptors (Lipinski definition) is 4. The summed E-state index contributed by atoms with van der Waals surface area (Å²) in [5.74, 6) is 1.99. The monoisotopic (exact) mass is 250 g/mol. The molecule has 1 saturated heterocycles. The molecule has 0 unspecified atom stereocenters. The van der Waals surface area contributed by atoms with Crippen LogP contribution in [-0.2, 0) is 0 Å². The van der Waals surface area contributed by atoms with E-state index in [1.165, 1.54) is 0 Å². The maximum Gasteiger partial charge on any atom is 0.213 e. The van der Waals surface area contributed by atoms with Gasteiger partial charge in [-0.25, -0.2) is 4.98 Å². The number of rotatable bonds is 4. The van der Waals surface area contributed by atoms with Crippen LogP contribution in [0.4, 0.5) is 0 Å². The third-order valence-corrected chi connectivity index (χ3v) is 3.06. The van der Waals surface area contributed by atoms with Crippen molar-refractivity contribution in [1.29, 1.82) is 0 Å². The van der Waals surface area contributed by atoms with Gasteiger partial charge in [0.25, 0.3) is 0 Å². The Labute approximate surface area is 109 Å². The Morgan fingerprint density at radius 1 is 1.39 bits per heavy atom. The van der Waals surface area contributed by atoms with Crippen LogP contribution >= 0.6 is 0 Å². The lowest BCUT2D eigenvalue weighted by atomic mass is 9.98. The van der Waals surface area contributed by atoms with Gasteiger partial charge in [0, 0.05) is 18.5 Å². The zero-order valence-electron chi connectivity index (χ0n) is 11.3. The number of nitrogens with zero attached hydrogens (tertiary/aromatic N) is 1. The second-order valence-electron chi connectivity index (χ2n) is 5.13. The Bertz CT molecular complexity index is 365. The van der Waals surface area contributed by atoms with Crippen LogP contribution in [0.1, 0.15) is 27.2 Å². The molecule has 1 aliphatic rings. The molecule has 0 aromatic carbocycles. The van der Waals surface area contributed by atoms with Crippen molar-refractivity contribution in [2.45, 2.75) is 39.4 Å². The predicted octanol–water partition coefficient (Wildman–Crippen LogP) is 2.25. The van der Waals surface area contributed by atoms with Crippen LogP contribution < -0.4 is 14.8 Å². The van der Waals surface area contributed by atoms with Gasteiger partial charge in [0.2, 0.25) is 5.88 Å². The van der Waals surface area contributed by atoms with Gasteiger partial charge < -0.3 is 14.8 Å². The van der Waals surface area contributed by atoms with Crippen LogP contribution in [0.5, 0.6) is 11.6 Å². The van der Waals surface area contributed by atoms with Crippen molar-refractivity contribution >= 4 is 0 Å². The molecule has 2 rings (SSSR count). The van der Waals surface area contributed by atoms with Gasteiger partial charge in [-0.3, -0.25) is 0 Å². The highest BCUT2D eigenvalue weighted by molar-refractivity contribution is 5.23. The molecule has 100 valence electrons. The third kappa shape index (κ3) is 3.60. The summed E-state index contributed by atoms with van der Waals surface area (Å²) in [7, 11) is 0. The standard InChI is InChI=1S/C14H22N2O2/c1-10(2)17-12-4-5-14(16-9-12)18-13-6-7-15-8-11(13)3/h4-5,9-11,13,15H,6-8H2,1-3H3/t11-,13-/m1/s1. The fourth-order valence-electron chi connectivity index (χ4n) is 2.10. The quantitative estimate of drug-likeness (QED) is 0.890. The summed E-state index contributed by atoms with van der Waals surface area (Å²) in [6.45, 7) is 8.23. The molecule has 0 spiro atoms. The molecule has 0 amide bonds. The summed E-state index contributed by atoms with van der Waals surface area (Å²) in [6.07, 6.45) is 3.19. The normalized spacial score (nSPS) is 24.0. The molecule has 1 N–H and O–H groups in total. The van der Waals surface area contributed by atoms with E-state index in [9.17, 15) is 0 Å². The Morgan fingerprint density at radius 2 is 2.22 bits per heavy atom. The van der Waals surface area contributed by atoms with Crippen LogP contribution in [0.3, 0.4) is 0 Å². The summed E-state index contributed by atoms with van der Waals surface area (Å²) in [5.41, 5.74) is 0. The van der Waals surface area contributed by atoms with Crippen molar-refractivity contribution in [3.8, 4) is 11.6 Å². The van der Waals surface area contributed by atoms with Crippen molar-refractivity contribution < 1.29 is 9.47 Å². The summed E-state index contributed by atoms with van der Waals surface area (Å²) in [5, 5.41) is 3.36. The highest BCUT2D eigenvalue weighted by Gasteiger charge is 2.22. The van der Waals surface area contributed by atoms with Gasteiger partial charge in [0.1, 0.15) is 11.9 Å². The number of hydrogen-bond donors (Lipinski definition) is 1. The Hall–Kier alpha value is -1.29. The summed E-state index contributed by atoms with van der Waals surface area (Å²) in [4.78, 5) is 4.29. The fourth-order valence-corrected chi connectivity index (χ4v) is 2.10. The van der Waals surface area contributed by atoms with Gasteiger partial charge in [0.05, 0.1) is 12.3 Å². The first-order valence-corrected chi connectivity index (χ1v) is 6.65. The fraction of sp³-hybridized carbons (Fsp3) is 0.643. The second-order valence-corrected chi connectivity index (χ2v) is 5.13. The van der Waals surface area contributed by atoms with Crippen LogP contribution in [0, 0.1) is 5.92 Å². The van der Waals surface area contributed by atoms with Gasteiger partial charge >= 0.3 is 0 Å². The second kappa shape index (κ2) is 6.05. The van der Waals surface area contributed by atoms with Gasteiger partial charge in [-0.2, -0.15) is 0 Å². The van der Waals surface area contributed by atoms with Crippen LogP contribution in [0.25, 0.3) is 0 Å². The molecular weight excluding hydrogens is 228 g/mol. The van der Waals surface area contributed by atoms with Crippen LogP contribution in [0.2, 0.25) is 0 Å². The van der Waals surface area contributed by atoms with Crippen molar-refractivity contribution in [2.75, 3.05) is 13.1 Å². The molecule has 18 heavy (non-hydrogen) atoms. The lowest BCUT2D eigenvalue weighted by molar-refractivity contribution is 0.106. The molecule has 1 aromatic rings. The molecule has 4 nitrogen and oxygen atoms in total. The number of piperidine rings is 1. The molecule has 2 heterocycles. The highest BCUT2D eigenvalue weighted by atomic mass is 16.5. The Balaban J connectivity index is 1.93. The Morgan fingerprint density at radius 3 is 2.83 bits per heavy atom. The topological polar surface area (TPSA) is 43.4 Å². The van der Waals surface area contributed by atoms with E-state index in [1.54, 1.807) is 6.20 Å². The lowest BCUT2D eigenvalue weighted by Gasteiger charge is -2.29. The third-order valence-electron chi connectivity index (χ3n) is 3.06. The predicted molar refractivity (Wildman–Crippen MR) is 71.1 cm³/mol. The molecule has 0 bridgehead atoms. The van der Waals surface area contributed by atoms with E-state index in [-0.39, 0.29) is 12.2 Å². The molecule has 1 aliphatic heterocycles. The minimum absolute atomic E-state index is 0.169. The average Bonchev–Trinajstić information content (AvgIpc) is 2.34. The van der Waals surface area contributed by atoms with E-state index in [0.717, 1.165) is 25.3 Å². The highest BCUT2D eigenvalue weighted by Crippen LogP contribution is 2.20. The van der Waals surface area contributed by atoms with E-state index in [2.05, 4.69) is 17.2 Å². The first-order chi connectivity index (χ1) is 8.65. The lowest BCUT2D eigenvalue weighted by Crippen LogP contribution is -2.41. The average molecular weight is 250 g/mol. The minimum Gasteiger partial charge on any atom is -0.489 e. The molecule has 4 heteroatoms. The van der Waals surface area contributed by atoms with E-state index >= 15 is 0 Å². The van der Waals surface area contributed by atoms with E-state index < -0.39 is 0 Å². The molecule has 1 aromatic heterocycles. The molecule has 0 saturated carbocycles. The van der Waals surface area contributed by atoms with E-state index in [0.29, 0.717) is 11.8 Å². The van der Waals surface area contributed by atoms with Gasteiger partial charge in [0.15, 0.2) is 0 Å². The molecule has 0 aliphatic carbocycles. The first kappa shape index (κ1) is 13.1. The van der Waals surface area contributed by atoms with Gasteiger partial charge in [-0.15, -0.1) is 0 Å². The number of aromatic nitrogens is 1. The van der Waals surface area contributed by atoms with E-state index in [1.807, 2.05) is 26.0 Å². The number of ether oxygens (including phenoxy) is 2. The van der Waals surface area contributed by atoms with Gasteiger partial charge in [-0.05, 0) is 32.9 Å². The molecule has 0 radical (unpaired) electrons. The zero-order chi connectivity index (χ0) is 13.0. The number of nitrogens with one attached hydrogen (secondary N) is 1. The Kier molecular flexibility index (Phi) is 4.42. The molecular formula is C14H22N2O2. The molecule has 1 fully saturated rings. The smallest absolute Gasteiger partial charge is 0.213 e. The van der Waals surface area contributed by atoms with E-state index in [4.69, 9.17) is 9.47 Å². The van der Waals surface area contributed by atoms with Crippen molar-refractivity contribution in [3.63, 3.8) is 0 Å². The van der Waals surface area contributed by atoms with Crippen molar-refractivity contribution in [2.24, 2.45) is 5.92 Å². The maximum atomic E-state index is 5.92. The first-order valence-electron chi connectivity index (χ1n) is 6.65. The maximum absolute atomic E-state index is 5.92. The van der Waals surface area contributed by atoms with Gasteiger partial charge in [-0.1, -0.05) is 6.92 Å². The number of pyridine rings is 1.